The number of amides is 2. The van der Waals surface area contributed by atoms with Gasteiger partial charge in [-0.15, -0.1) is 0 Å². The molecule has 29 heavy (non-hydrogen) atoms. The molecule has 154 valence electrons. The predicted molar refractivity (Wildman–Crippen MR) is 116 cm³/mol. The largest absolute Gasteiger partial charge is 0.321 e. The summed E-state index contributed by atoms with van der Waals surface area (Å²) in [4.78, 5) is 27.2. The summed E-state index contributed by atoms with van der Waals surface area (Å²) in [6, 6.07) is 13.2. The van der Waals surface area contributed by atoms with Gasteiger partial charge in [0.05, 0.1) is 10.7 Å². The molecule has 1 fully saturated rings. The number of hydrogen-bond acceptors (Lipinski definition) is 2. The Morgan fingerprint density at radius 2 is 1.34 bits per heavy atom. The zero-order valence-electron chi connectivity index (χ0n) is 17.0. The smallest absolute Gasteiger partial charge is 0.279 e. The molecule has 3 rings (SSSR count). The van der Waals surface area contributed by atoms with Crippen molar-refractivity contribution in [2.24, 2.45) is 0 Å². The van der Waals surface area contributed by atoms with Crippen molar-refractivity contribution >= 4 is 34.8 Å². The average Bonchev–Trinajstić information content (AvgIpc) is 2.68. The van der Waals surface area contributed by atoms with Crippen LogP contribution in [0.3, 0.4) is 0 Å². The normalized spacial score (nSPS) is 18.9. The molecule has 2 amide bonds. The minimum absolute atomic E-state index is 0.0377. The Morgan fingerprint density at radius 3 is 1.90 bits per heavy atom. The van der Waals surface area contributed by atoms with Crippen molar-refractivity contribution in [3.8, 4) is 0 Å². The lowest BCUT2D eigenvalue weighted by Gasteiger charge is -2.29. The maximum atomic E-state index is 12.5. The first kappa shape index (κ1) is 21.3. The number of nitrogens with one attached hydrogen (secondary N) is 4. The van der Waals surface area contributed by atoms with Crippen LogP contribution in [0.2, 0.25) is 5.02 Å². The van der Waals surface area contributed by atoms with Crippen LogP contribution in [0, 0.1) is 13.8 Å². The topological polar surface area (TPSA) is 67.1 Å². The van der Waals surface area contributed by atoms with E-state index >= 15 is 0 Å². The number of halogens is 1. The molecule has 0 aliphatic carbocycles. The second-order valence-corrected chi connectivity index (χ2v) is 8.10. The molecule has 4 N–H and O–H groups in total. The van der Waals surface area contributed by atoms with E-state index in [0.717, 1.165) is 43.0 Å². The number of rotatable bonds is 6. The van der Waals surface area contributed by atoms with Crippen LogP contribution in [0.5, 0.6) is 0 Å². The van der Waals surface area contributed by atoms with Crippen molar-refractivity contribution in [2.75, 3.05) is 49.9 Å². The third kappa shape index (κ3) is 6.03. The number of aryl methyl sites for hydroxylation is 2. The van der Waals surface area contributed by atoms with Gasteiger partial charge in [-0.2, -0.15) is 0 Å². The molecule has 2 aromatic carbocycles. The molecule has 0 bridgehead atoms. The standard InChI is InChI=1S/C22H27ClN4O2/c1-16-6-5-7-17(2)22(16)25-21(29)15-27-12-10-26(11-13-27)14-20(28)24-19-9-4-3-8-18(19)23/h3-9H,10-15H2,1-2H3,(H,24,28)(H,25,29)/p+2. The first-order chi connectivity index (χ1) is 13.9. The molecule has 6 nitrogen and oxygen atoms in total. The number of benzene rings is 2. The van der Waals surface area contributed by atoms with Gasteiger partial charge in [-0.3, -0.25) is 9.59 Å². The summed E-state index contributed by atoms with van der Waals surface area (Å²) in [5, 5.41) is 6.48. The zero-order valence-corrected chi connectivity index (χ0v) is 17.7. The molecule has 1 saturated heterocycles. The molecule has 1 heterocycles. The van der Waals surface area contributed by atoms with E-state index in [-0.39, 0.29) is 11.8 Å². The first-order valence-corrected chi connectivity index (χ1v) is 10.4. The summed E-state index contributed by atoms with van der Waals surface area (Å²) in [6.45, 7) is 8.34. The molecule has 0 spiro atoms. The molecule has 0 atom stereocenters. The lowest BCUT2D eigenvalue weighted by Crippen LogP contribution is -3.28. The summed E-state index contributed by atoms with van der Waals surface area (Å²) in [6.07, 6.45) is 0. The van der Waals surface area contributed by atoms with E-state index in [1.807, 2.05) is 44.2 Å². The molecule has 0 saturated carbocycles. The Bertz CT molecular complexity index is 859. The Balaban J connectivity index is 1.42. The van der Waals surface area contributed by atoms with Gasteiger partial charge in [0.1, 0.15) is 26.2 Å². The van der Waals surface area contributed by atoms with Gasteiger partial charge in [0.2, 0.25) is 0 Å². The van der Waals surface area contributed by atoms with E-state index in [9.17, 15) is 9.59 Å². The van der Waals surface area contributed by atoms with Crippen LogP contribution in [-0.4, -0.2) is 51.1 Å². The lowest BCUT2D eigenvalue weighted by atomic mass is 10.1. The van der Waals surface area contributed by atoms with Crippen molar-refractivity contribution < 1.29 is 19.4 Å². The quantitative estimate of drug-likeness (QED) is 0.548. The van der Waals surface area contributed by atoms with Crippen LogP contribution in [-0.2, 0) is 9.59 Å². The Hall–Kier alpha value is -2.41. The number of quaternary nitrogens is 2. The fraction of sp³-hybridized carbons (Fsp3) is 0.364. The second kappa shape index (κ2) is 9.87. The zero-order chi connectivity index (χ0) is 20.8. The van der Waals surface area contributed by atoms with Crippen molar-refractivity contribution in [1.29, 1.82) is 0 Å². The maximum absolute atomic E-state index is 12.5. The lowest BCUT2D eigenvalue weighted by molar-refractivity contribution is -1.00. The fourth-order valence-corrected chi connectivity index (χ4v) is 3.90. The van der Waals surface area contributed by atoms with E-state index in [4.69, 9.17) is 11.6 Å². The van der Waals surface area contributed by atoms with Crippen LogP contribution in [0.15, 0.2) is 42.5 Å². The number of anilines is 2. The molecular weight excluding hydrogens is 388 g/mol. The Kier molecular flexibility index (Phi) is 7.25. The first-order valence-electron chi connectivity index (χ1n) is 10.00. The van der Waals surface area contributed by atoms with E-state index in [0.29, 0.717) is 23.8 Å². The van der Waals surface area contributed by atoms with Gasteiger partial charge in [-0.05, 0) is 37.1 Å². The molecule has 1 aliphatic heterocycles. The van der Waals surface area contributed by atoms with Crippen molar-refractivity contribution in [3.63, 3.8) is 0 Å². The minimum Gasteiger partial charge on any atom is -0.321 e. The molecule has 0 unspecified atom stereocenters. The predicted octanol–water partition coefficient (Wildman–Crippen LogP) is 0.317. The summed E-state index contributed by atoms with van der Waals surface area (Å²) < 4.78 is 0. The van der Waals surface area contributed by atoms with Gasteiger partial charge in [-0.25, -0.2) is 0 Å². The number of carbonyl (C=O) groups is 2. The summed E-state index contributed by atoms with van der Waals surface area (Å²) in [7, 11) is 0. The molecule has 0 radical (unpaired) electrons. The van der Waals surface area contributed by atoms with Gasteiger partial charge >= 0.3 is 0 Å². The van der Waals surface area contributed by atoms with E-state index in [2.05, 4.69) is 10.6 Å². The number of hydrogen-bond donors (Lipinski definition) is 4. The van der Waals surface area contributed by atoms with Gasteiger partial charge in [0.15, 0.2) is 13.1 Å². The highest BCUT2D eigenvalue weighted by Gasteiger charge is 2.26. The maximum Gasteiger partial charge on any atom is 0.279 e. The van der Waals surface area contributed by atoms with E-state index in [1.54, 1.807) is 12.1 Å². The monoisotopic (exact) mass is 416 g/mol. The number of para-hydroxylation sites is 2. The summed E-state index contributed by atoms with van der Waals surface area (Å²) in [5.41, 5.74) is 3.71. The third-order valence-electron chi connectivity index (χ3n) is 5.38. The van der Waals surface area contributed by atoms with Crippen LogP contribution in [0.1, 0.15) is 11.1 Å². The molecule has 0 aromatic heterocycles. The highest BCUT2D eigenvalue weighted by molar-refractivity contribution is 6.33. The highest BCUT2D eigenvalue weighted by atomic mass is 35.5. The molecule has 2 aromatic rings. The molecule has 1 aliphatic rings. The van der Waals surface area contributed by atoms with Crippen LogP contribution in [0.25, 0.3) is 0 Å². The minimum atomic E-state index is -0.0377. The van der Waals surface area contributed by atoms with Crippen LogP contribution in [0.4, 0.5) is 11.4 Å². The van der Waals surface area contributed by atoms with Crippen LogP contribution < -0.4 is 20.4 Å². The van der Waals surface area contributed by atoms with Crippen molar-refractivity contribution in [1.82, 2.24) is 0 Å². The van der Waals surface area contributed by atoms with Crippen molar-refractivity contribution in [2.45, 2.75) is 13.8 Å². The number of carbonyl (C=O) groups excluding carboxylic acids is 2. The molecule has 7 heteroatoms. The van der Waals surface area contributed by atoms with Gasteiger partial charge in [0, 0.05) is 5.69 Å². The van der Waals surface area contributed by atoms with Gasteiger partial charge in [-0.1, -0.05) is 41.9 Å². The fourth-order valence-electron chi connectivity index (χ4n) is 3.72. The number of piperazine rings is 1. The van der Waals surface area contributed by atoms with E-state index < -0.39 is 0 Å². The van der Waals surface area contributed by atoms with Crippen LogP contribution >= 0.6 is 11.6 Å². The van der Waals surface area contributed by atoms with Crippen molar-refractivity contribution in [3.05, 3.63) is 58.6 Å². The molecular formula is C22H29ClN4O2+2. The highest BCUT2D eigenvalue weighted by Crippen LogP contribution is 2.20. The van der Waals surface area contributed by atoms with E-state index in [1.165, 1.54) is 9.80 Å². The summed E-state index contributed by atoms with van der Waals surface area (Å²) in [5.74, 6) is 0.00151. The van der Waals surface area contributed by atoms with Gasteiger partial charge in [0.25, 0.3) is 11.8 Å². The Morgan fingerprint density at radius 1 is 0.828 bits per heavy atom. The third-order valence-corrected chi connectivity index (χ3v) is 5.71. The SMILES string of the molecule is Cc1cccc(C)c1NC(=O)C[NH+]1CC[NH+](CC(=O)Nc2ccccc2Cl)CC1. The summed E-state index contributed by atoms with van der Waals surface area (Å²) >= 11 is 6.09. The average molecular weight is 417 g/mol. The Labute approximate surface area is 176 Å². The second-order valence-electron chi connectivity index (χ2n) is 7.70. The van der Waals surface area contributed by atoms with Gasteiger partial charge < -0.3 is 20.4 Å².